The molecule has 0 radical (unpaired) electrons. The number of aliphatic hydroxyl groups excluding tert-OH is 2. The van der Waals surface area contributed by atoms with Crippen molar-refractivity contribution in [3.8, 4) is 0 Å². The van der Waals surface area contributed by atoms with Crippen LogP contribution in [0.1, 0.15) is 11.1 Å². The minimum atomic E-state index is -0.777. The van der Waals surface area contributed by atoms with Crippen LogP contribution in [0.5, 0.6) is 0 Å². The summed E-state index contributed by atoms with van der Waals surface area (Å²) in [7, 11) is 0. The van der Waals surface area contributed by atoms with Gasteiger partial charge in [-0.05, 0) is 31.0 Å². The molecular formula is C14H20N2O4. The van der Waals surface area contributed by atoms with E-state index in [4.69, 9.17) is 10.2 Å². The molecule has 0 aliphatic heterocycles. The van der Waals surface area contributed by atoms with Crippen LogP contribution in [0.2, 0.25) is 0 Å². The molecule has 1 aromatic rings. The second kappa shape index (κ2) is 7.62. The fourth-order valence-electron chi connectivity index (χ4n) is 1.76. The molecule has 0 saturated heterocycles. The molecule has 3 N–H and O–H groups in total. The topological polar surface area (TPSA) is 89.9 Å². The smallest absolute Gasteiger partial charge is 0.313 e. The molecule has 1 aromatic carbocycles. The van der Waals surface area contributed by atoms with E-state index < -0.39 is 11.8 Å². The van der Waals surface area contributed by atoms with E-state index >= 15 is 0 Å². The maximum atomic E-state index is 11.9. The second-order valence-corrected chi connectivity index (χ2v) is 4.44. The van der Waals surface area contributed by atoms with E-state index in [0.29, 0.717) is 5.69 Å². The number of rotatable bonds is 5. The number of aryl methyl sites for hydroxylation is 1. The Bertz CT molecular complexity index is 482. The average molecular weight is 280 g/mol. The number of hydrogen-bond acceptors (Lipinski definition) is 4. The Morgan fingerprint density at radius 1 is 1.15 bits per heavy atom. The average Bonchev–Trinajstić information content (AvgIpc) is 2.42. The van der Waals surface area contributed by atoms with Crippen LogP contribution in [0.4, 0.5) is 5.69 Å². The van der Waals surface area contributed by atoms with Crippen LogP contribution in [0.3, 0.4) is 0 Å². The maximum absolute atomic E-state index is 11.9. The number of hydrogen-bond donors (Lipinski definition) is 3. The highest BCUT2D eigenvalue weighted by molar-refractivity contribution is 6.39. The molecule has 2 amide bonds. The number of nitrogens with one attached hydrogen (secondary N) is 1. The Hall–Kier alpha value is -1.92. The summed E-state index contributed by atoms with van der Waals surface area (Å²) >= 11 is 0. The van der Waals surface area contributed by atoms with Gasteiger partial charge >= 0.3 is 11.8 Å². The molecular weight excluding hydrogens is 260 g/mol. The summed E-state index contributed by atoms with van der Waals surface area (Å²) in [6, 6.07) is 5.42. The summed E-state index contributed by atoms with van der Waals surface area (Å²) in [5.74, 6) is -1.55. The van der Waals surface area contributed by atoms with Crippen LogP contribution in [0.25, 0.3) is 0 Å². The minimum Gasteiger partial charge on any atom is -0.395 e. The highest BCUT2D eigenvalue weighted by Gasteiger charge is 2.21. The van der Waals surface area contributed by atoms with Gasteiger partial charge in [-0.25, -0.2) is 0 Å². The number of benzene rings is 1. The predicted octanol–water partition coefficient (Wildman–Crippen LogP) is 0.0551. The molecule has 0 aliphatic rings. The quantitative estimate of drug-likeness (QED) is 0.665. The highest BCUT2D eigenvalue weighted by Crippen LogP contribution is 2.17. The van der Waals surface area contributed by atoms with Gasteiger partial charge in [0.2, 0.25) is 0 Å². The van der Waals surface area contributed by atoms with Crippen LogP contribution in [-0.4, -0.2) is 53.2 Å². The summed E-state index contributed by atoms with van der Waals surface area (Å²) in [6.45, 7) is 3.27. The van der Waals surface area contributed by atoms with Gasteiger partial charge in [0, 0.05) is 18.8 Å². The molecule has 20 heavy (non-hydrogen) atoms. The lowest BCUT2D eigenvalue weighted by Crippen LogP contribution is -2.42. The zero-order chi connectivity index (χ0) is 15.1. The summed E-state index contributed by atoms with van der Waals surface area (Å²) < 4.78 is 0. The minimum absolute atomic E-state index is 0.0135. The number of anilines is 1. The lowest BCUT2D eigenvalue weighted by molar-refractivity contribution is -0.143. The highest BCUT2D eigenvalue weighted by atomic mass is 16.3. The maximum Gasteiger partial charge on any atom is 0.313 e. The zero-order valence-electron chi connectivity index (χ0n) is 11.7. The lowest BCUT2D eigenvalue weighted by Gasteiger charge is -2.20. The SMILES string of the molecule is Cc1cccc(NC(=O)C(=O)N(CCO)CCO)c1C. The van der Waals surface area contributed by atoms with Crippen LogP contribution in [0.15, 0.2) is 18.2 Å². The van der Waals surface area contributed by atoms with Crippen LogP contribution in [0, 0.1) is 13.8 Å². The predicted molar refractivity (Wildman–Crippen MR) is 75.3 cm³/mol. The van der Waals surface area contributed by atoms with E-state index in [9.17, 15) is 9.59 Å². The van der Waals surface area contributed by atoms with Gasteiger partial charge in [-0.15, -0.1) is 0 Å². The number of carbonyl (C=O) groups excluding carboxylic acids is 2. The summed E-state index contributed by atoms with van der Waals surface area (Å²) in [5.41, 5.74) is 2.48. The first-order valence-corrected chi connectivity index (χ1v) is 6.39. The largest absolute Gasteiger partial charge is 0.395 e. The van der Waals surface area contributed by atoms with Gasteiger partial charge in [-0.1, -0.05) is 12.1 Å². The van der Waals surface area contributed by atoms with Crippen molar-refractivity contribution in [1.82, 2.24) is 4.90 Å². The molecule has 0 aromatic heterocycles. The first kappa shape index (κ1) is 16.1. The van der Waals surface area contributed by atoms with Crippen LogP contribution < -0.4 is 5.32 Å². The van der Waals surface area contributed by atoms with Gasteiger partial charge in [0.15, 0.2) is 0 Å². The van der Waals surface area contributed by atoms with E-state index in [1.54, 1.807) is 12.1 Å². The Kier molecular flexibility index (Phi) is 6.14. The Morgan fingerprint density at radius 3 is 2.30 bits per heavy atom. The third-order valence-electron chi connectivity index (χ3n) is 3.07. The molecule has 0 unspecified atom stereocenters. The molecule has 0 heterocycles. The number of aliphatic hydroxyl groups is 2. The molecule has 0 spiro atoms. The Morgan fingerprint density at radius 2 is 1.75 bits per heavy atom. The van der Waals surface area contributed by atoms with Crippen LogP contribution >= 0.6 is 0 Å². The van der Waals surface area contributed by atoms with E-state index in [0.717, 1.165) is 16.0 Å². The monoisotopic (exact) mass is 280 g/mol. The molecule has 6 heteroatoms. The van der Waals surface area contributed by atoms with E-state index in [1.165, 1.54) is 0 Å². The molecule has 1 rings (SSSR count). The standard InChI is InChI=1S/C14H20N2O4/c1-10-4-3-5-12(11(10)2)15-13(19)14(20)16(6-8-17)7-9-18/h3-5,17-18H,6-9H2,1-2H3,(H,15,19). The molecule has 110 valence electrons. The van der Waals surface area contributed by atoms with E-state index in [1.807, 2.05) is 19.9 Å². The fraction of sp³-hybridized carbons (Fsp3) is 0.429. The number of nitrogens with zero attached hydrogens (tertiary/aromatic N) is 1. The molecule has 0 atom stereocenters. The summed E-state index contributed by atoms with van der Waals surface area (Å²) in [5, 5.41) is 20.3. The van der Waals surface area contributed by atoms with Crippen molar-refractivity contribution in [2.24, 2.45) is 0 Å². The second-order valence-electron chi connectivity index (χ2n) is 4.44. The van der Waals surface area contributed by atoms with Crippen molar-refractivity contribution in [2.75, 3.05) is 31.6 Å². The molecule has 6 nitrogen and oxygen atoms in total. The van der Waals surface area contributed by atoms with Crippen molar-refractivity contribution in [2.45, 2.75) is 13.8 Å². The zero-order valence-corrected chi connectivity index (χ0v) is 11.7. The van der Waals surface area contributed by atoms with E-state index in [-0.39, 0.29) is 26.3 Å². The van der Waals surface area contributed by atoms with Gasteiger partial charge in [-0.2, -0.15) is 0 Å². The van der Waals surface area contributed by atoms with Crippen molar-refractivity contribution < 1.29 is 19.8 Å². The third-order valence-corrected chi connectivity index (χ3v) is 3.07. The van der Waals surface area contributed by atoms with Crippen molar-refractivity contribution in [1.29, 1.82) is 0 Å². The lowest BCUT2D eigenvalue weighted by atomic mass is 10.1. The van der Waals surface area contributed by atoms with Crippen molar-refractivity contribution in [3.05, 3.63) is 29.3 Å². The first-order valence-electron chi connectivity index (χ1n) is 6.39. The first-order chi connectivity index (χ1) is 9.51. The summed E-state index contributed by atoms with van der Waals surface area (Å²) in [6.07, 6.45) is 0. The Labute approximate surface area is 118 Å². The molecule has 0 bridgehead atoms. The van der Waals surface area contributed by atoms with Gasteiger partial charge in [0.05, 0.1) is 13.2 Å². The molecule has 0 fully saturated rings. The Balaban J connectivity index is 2.79. The molecule has 0 saturated carbocycles. The van der Waals surface area contributed by atoms with E-state index in [2.05, 4.69) is 5.32 Å². The third kappa shape index (κ3) is 4.04. The fourth-order valence-corrected chi connectivity index (χ4v) is 1.76. The summed E-state index contributed by atoms with van der Waals surface area (Å²) in [4.78, 5) is 24.9. The van der Waals surface area contributed by atoms with Gasteiger partial charge in [0.25, 0.3) is 0 Å². The number of amides is 2. The molecule has 0 aliphatic carbocycles. The normalized spacial score (nSPS) is 10.2. The van der Waals surface area contributed by atoms with Crippen LogP contribution in [-0.2, 0) is 9.59 Å². The van der Waals surface area contributed by atoms with Crippen molar-refractivity contribution >= 4 is 17.5 Å². The number of carbonyl (C=O) groups is 2. The van der Waals surface area contributed by atoms with Gasteiger partial charge < -0.3 is 20.4 Å². The van der Waals surface area contributed by atoms with Gasteiger partial charge in [-0.3, -0.25) is 9.59 Å². The van der Waals surface area contributed by atoms with Crippen molar-refractivity contribution in [3.63, 3.8) is 0 Å². The van der Waals surface area contributed by atoms with Gasteiger partial charge in [0.1, 0.15) is 0 Å².